The Morgan fingerprint density at radius 1 is 1.26 bits per heavy atom. The number of rotatable bonds is 4. The van der Waals surface area contributed by atoms with Gasteiger partial charge in [0.25, 0.3) is 0 Å². The summed E-state index contributed by atoms with van der Waals surface area (Å²) in [6.07, 6.45) is 2.60. The van der Waals surface area contributed by atoms with Crippen molar-refractivity contribution in [2.45, 2.75) is 46.6 Å². The monoisotopic (exact) mass is 290 g/mol. The molecule has 0 spiro atoms. The summed E-state index contributed by atoms with van der Waals surface area (Å²) in [5.74, 6) is 0.323. The maximum Gasteiger partial charge on any atom is 0.226 e. The molecule has 6 heteroatoms. The lowest BCUT2D eigenvalue weighted by Gasteiger charge is -2.34. The predicted molar refractivity (Wildman–Crippen MR) is 76.2 cm³/mol. The summed E-state index contributed by atoms with van der Waals surface area (Å²) in [5.41, 5.74) is -0.395. The van der Waals surface area contributed by atoms with Crippen molar-refractivity contribution in [2.75, 3.05) is 19.3 Å². The first kappa shape index (κ1) is 16.4. The fourth-order valence-corrected chi connectivity index (χ4v) is 2.84. The predicted octanol–water partition coefficient (Wildman–Crippen LogP) is 1.21. The van der Waals surface area contributed by atoms with E-state index in [1.165, 1.54) is 10.6 Å². The van der Waals surface area contributed by atoms with Crippen LogP contribution in [-0.2, 0) is 14.8 Å². The number of carbonyl (C=O) groups excluding carboxylic acids is 1. The summed E-state index contributed by atoms with van der Waals surface area (Å²) in [6.45, 7) is 8.94. The topological polar surface area (TPSA) is 66.5 Å². The number of amides is 1. The number of sulfonamides is 1. The Morgan fingerprint density at radius 2 is 1.74 bits per heavy atom. The van der Waals surface area contributed by atoms with Gasteiger partial charge in [0.1, 0.15) is 0 Å². The molecule has 0 saturated carbocycles. The van der Waals surface area contributed by atoms with Gasteiger partial charge >= 0.3 is 0 Å². The summed E-state index contributed by atoms with van der Waals surface area (Å²) in [7, 11) is -3.10. The molecule has 0 aromatic heterocycles. The van der Waals surface area contributed by atoms with Crippen LogP contribution in [0, 0.1) is 11.3 Å². The quantitative estimate of drug-likeness (QED) is 0.846. The van der Waals surface area contributed by atoms with Gasteiger partial charge in [-0.3, -0.25) is 4.79 Å². The molecule has 1 rings (SSSR count). The van der Waals surface area contributed by atoms with Crippen molar-refractivity contribution in [1.82, 2.24) is 9.62 Å². The zero-order chi connectivity index (χ0) is 14.8. The van der Waals surface area contributed by atoms with E-state index >= 15 is 0 Å². The Balaban J connectivity index is 2.52. The maximum atomic E-state index is 12.2. The van der Waals surface area contributed by atoms with Gasteiger partial charge in [-0.2, -0.15) is 0 Å². The minimum Gasteiger partial charge on any atom is -0.353 e. The summed E-state index contributed by atoms with van der Waals surface area (Å²) in [6, 6.07) is 0.0866. The minimum absolute atomic E-state index is 0.0558. The van der Waals surface area contributed by atoms with Crippen molar-refractivity contribution in [3.63, 3.8) is 0 Å². The van der Waals surface area contributed by atoms with Gasteiger partial charge in [0.15, 0.2) is 0 Å². The van der Waals surface area contributed by atoms with E-state index in [2.05, 4.69) is 5.32 Å². The smallest absolute Gasteiger partial charge is 0.226 e. The van der Waals surface area contributed by atoms with Crippen LogP contribution in [0.2, 0.25) is 0 Å². The largest absolute Gasteiger partial charge is 0.353 e. The molecule has 1 heterocycles. The van der Waals surface area contributed by atoms with Gasteiger partial charge in [-0.15, -0.1) is 0 Å². The van der Waals surface area contributed by atoms with Crippen molar-refractivity contribution < 1.29 is 13.2 Å². The zero-order valence-corrected chi connectivity index (χ0v) is 13.4. The molecule has 0 aromatic carbocycles. The second kappa shape index (κ2) is 5.79. The first-order valence-electron chi connectivity index (χ1n) is 6.81. The van der Waals surface area contributed by atoms with Crippen LogP contribution in [0.4, 0.5) is 0 Å². The van der Waals surface area contributed by atoms with Crippen LogP contribution in [0.1, 0.15) is 40.5 Å². The summed E-state index contributed by atoms with van der Waals surface area (Å²) in [4.78, 5) is 12.2. The second-order valence-electron chi connectivity index (χ2n) is 6.29. The van der Waals surface area contributed by atoms with Crippen molar-refractivity contribution in [1.29, 1.82) is 0 Å². The Morgan fingerprint density at radius 3 is 2.11 bits per heavy atom. The third-order valence-corrected chi connectivity index (χ3v) is 5.59. The molecule has 0 aliphatic carbocycles. The van der Waals surface area contributed by atoms with Crippen molar-refractivity contribution in [3.05, 3.63) is 0 Å². The van der Waals surface area contributed by atoms with Gasteiger partial charge in [0.05, 0.1) is 6.26 Å². The van der Waals surface area contributed by atoms with Gasteiger partial charge < -0.3 is 5.32 Å². The molecule has 1 fully saturated rings. The molecule has 112 valence electrons. The third kappa shape index (κ3) is 4.18. The third-order valence-electron chi connectivity index (χ3n) is 4.29. The molecule has 0 bridgehead atoms. The van der Waals surface area contributed by atoms with Crippen LogP contribution < -0.4 is 5.32 Å². The Bertz CT molecular complexity index is 421. The van der Waals surface area contributed by atoms with E-state index in [0.717, 1.165) is 0 Å². The molecule has 0 radical (unpaired) electrons. The van der Waals surface area contributed by atoms with Crippen LogP contribution >= 0.6 is 0 Å². The van der Waals surface area contributed by atoms with E-state index in [9.17, 15) is 13.2 Å². The van der Waals surface area contributed by atoms with Gasteiger partial charge in [-0.25, -0.2) is 12.7 Å². The molecule has 1 N–H and O–H groups in total. The highest BCUT2D eigenvalue weighted by Crippen LogP contribution is 2.26. The lowest BCUT2D eigenvalue weighted by molar-refractivity contribution is -0.132. The maximum absolute atomic E-state index is 12.2. The fraction of sp³-hybridized carbons (Fsp3) is 0.923. The molecule has 1 aliphatic rings. The average molecular weight is 290 g/mol. The van der Waals surface area contributed by atoms with Crippen molar-refractivity contribution in [2.24, 2.45) is 11.3 Å². The van der Waals surface area contributed by atoms with Crippen molar-refractivity contribution >= 4 is 15.9 Å². The molecule has 1 aliphatic heterocycles. The summed E-state index contributed by atoms with van der Waals surface area (Å²) < 4.78 is 24.3. The molecule has 1 amide bonds. The number of piperidine rings is 1. The highest BCUT2D eigenvalue weighted by atomic mass is 32.2. The normalized spacial score (nSPS) is 19.7. The van der Waals surface area contributed by atoms with Crippen LogP contribution in [0.15, 0.2) is 0 Å². The van der Waals surface area contributed by atoms with Gasteiger partial charge in [0, 0.05) is 24.5 Å². The molecular weight excluding hydrogens is 264 g/mol. The van der Waals surface area contributed by atoms with E-state index in [1.54, 1.807) is 0 Å². The Kier molecular flexibility index (Phi) is 5.01. The number of nitrogens with zero attached hydrogens (tertiary/aromatic N) is 1. The molecule has 5 nitrogen and oxygen atoms in total. The average Bonchev–Trinajstić information content (AvgIpc) is 2.28. The highest BCUT2D eigenvalue weighted by Gasteiger charge is 2.33. The van der Waals surface area contributed by atoms with Crippen LogP contribution in [0.25, 0.3) is 0 Å². The lowest BCUT2D eigenvalue weighted by Crippen LogP contribution is -2.50. The Hall–Kier alpha value is -0.620. The standard InChI is InChI=1S/C13H26N2O3S/c1-10(2)13(3,4)12(16)14-11-6-8-15(9-7-11)19(5,17)18/h10-11H,6-9H2,1-5H3,(H,14,16). The van der Waals surface area contributed by atoms with E-state index in [1.807, 2.05) is 27.7 Å². The van der Waals surface area contributed by atoms with Crippen LogP contribution in [-0.4, -0.2) is 44.0 Å². The second-order valence-corrected chi connectivity index (χ2v) is 8.27. The molecule has 19 heavy (non-hydrogen) atoms. The zero-order valence-electron chi connectivity index (χ0n) is 12.6. The molecule has 1 saturated heterocycles. The highest BCUT2D eigenvalue weighted by molar-refractivity contribution is 7.88. The Labute approximate surface area is 116 Å². The summed E-state index contributed by atoms with van der Waals surface area (Å²) >= 11 is 0. The number of carbonyl (C=O) groups is 1. The van der Waals surface area contributed by atoms with E-state index < -0.39 is 15.4 Å². The van der Waals surface area contributed by atoms with Crippen LogP contribution in [0.3, 0.4) is 0 Å². The lowest BCUT2D eigenvalue weighted by atomic mass is 9.80. The minimum atomic E-state index is -3.10. The molecular formula is C13H26N2O3S. The molecule has 0 aromatic rings. The van der Waals surface area contributed by atoms with Gasteiger partial charge in [-0.05, 0) is 18.8 Å². The SMILES string of the molecule is CC(C)C(C)(C)C(=O)NC1CCN(S(C)(=O)=O)CC1. The summed E-state index contributed by atoms with van der Waals surface area (Å²) in [5, 5.41) is 3.05. The molecule has 0 unspecified atom stereocenters. The first-order chi connectivity index (χ1) is 8.55. The van der Waals surface area contributed by atoms with Gasteiger partial charge in [-0.1, -0.05) is 27.7 Å². The number of nitrogens with one attached hydrogen (secondary N) is 1. The molecule has 0 atom stereocenters. The first-order valence-corrected chi connectivity index (χ1v) is 8.66. The van der Waals surface area contributed by atoms with Gasteiger partial charge in [0.2, 0.25) is 15.9 Å². The van der Waals surface area contributed by atoms with E-state index in [4.69, 9.17) is 0 Å². The van der Waals surface area contributed by atoms with Crippen molar-refractivity contribution in [3.8, 4) is 0 Å². The van der Waals surface area contributed by atoms with E-state index in [-0.39, 0.29) is 17.9 Å². The fourth-order valence-electron chi connectivity index (χ4n) is 1.97. The number of hydrogen-bond acceptors (Lipinski definition) is 3. The number of hydrogen-bond donors (Lipinski definition) is 1. The van der Waals surface area contributed by atoms with E-state index in [0.29, 0.717) is 25.9 Å². The van der Waals surface area contributed by atoms with Crippen LogP contribution in [0.5, 0.6) is 0 Å².